The van der Waals surface area contributed by atoms with E-state index in [0.29, 0.717) is 19.1 Å². The van der Waals surface area contributed by atoms with Crippen LogP contribution in [0.2, 0.25) is 0 Å². The van der Waals surface area contributed by atoms with Crippen LogP contribution >= 0.6 is 0 Å². The van der Waals surface area contributed by atoms with E-state index in [0.717, 1.165) is 12.8 Å². The summed E-state index contributed by atoms with van der Waals surface area (Å²) in [5, 5.41) is 5.67. The van der Waals surface area contributed by atoms with Crippen LogP contribution in [0.3, 0.4) is 0 Å². The number of hydrogen-bond donors (Lipinski definition) is 2. The molecule has 2 fully saturated rings. The summed E-state index contributed by atoms with van der Waals surface area (Å²) in [7, 11) is 0. The fraction of sp³-hybridized carbons (Fsp3) is 0.800. The predicted octanol–water partition coefficient (Wildman–Crippen LogP) is 0.0688. The van der Waals surface area contributed by atoms with E-state index in [4.69, 9.17) is 0 Å². The Morgan fingerprint density at radius 2 is 2.20 bits per heavy atom. The first-order chi connectivity index (χ1) is 7.01. The maximum Gasteiger partial charge on any atom is 0.318 e. The van der Waals surface area contributed by atoms with Crippen LogP contribution in [0.4, 0.5) is 4.79 Å². The summed E-state index contributed by atoms with van der Waals surface area (Å²) in [5.74, 6) is -0.0836. The Hall–Kier alpha value is -1.26. The molecule has 3 amide bonds. The van der Waals surface area contributed by atoms with Crippen LogP contribution in [0.15, 0.2) is 0 Å². The predicted molar refractivity (Wildman–Crippen MR) is 55.3 cm³/mol. The topological polar surface area (TPSA) is 61.4 Å². The van der Waals surface area contributed by atoms with Gasteiger partial charge in [0.25, 0.3) is 0 Å². The normalized spacial score (nSPS) is 24.7. The van der Waals surface area contributed by atoms with Gasteiger partial charge in [-0.15, -0.1) is 0 Å². The zero-order chi connectivity index (χ0) is 11.1. The monoisotopic (exact) mass is 211 g/mol. The molecule has 2 N–H and O–H groups in total. The lowest BCUT2D eigenvalue weighted by Crippen LogP contribution is -2.65. The van der Waals surface area contributed by atoms with Crippen molar-refractivity contribution in [3.05, 3.63) is 0 Å². The highest BCUT2D eigenvalue weighted by Gasteiger charge is 2.41. The molecule has 1 heterocycles. The molecule has 15 heavy (non-hydrogen) atoms. The van der Waals surface area contributed by atoms with E-state index in [9.17, 15) is 9.59 Å². The summed E-state index contributed by atoms with van der Waals surface area (Å²) >= 11 is 0. The molecule has 5 nitrogen and oxygen atoms in total. The average molecular weight is 211 g/mol. The Kier molecular flexibility index (Phi) is 2.32. The first-order valence-corrected chi connectivity index (χ1v) is 5.38. The number of nitrogens with one attached hydrogen (secondary N) is 2. The maximum atomic E-state index is 11.8. The van der Waals surface area contributed by atoms with Crippen molar-refractivity contribution in [1.82, 2.24) is 15.5 Å². The molecule has 84 valence electrons. The third kappa shape index (κ3) is 1.91. The molecule has 1 aliphatic heterocycles. The van der Waals surface area contributed by atoms with Gasteiger partial charge in [-0.25, -0.2) is 4.79 Å². The van der Waals surface area contributed by atoms with Crippen molar-refractivity contribution in [3.63, 3.8) is 0 Å². The minimum absolute atomic E-state index is 0.0836. The van der Waals surface area contributed by atoms with Crippen molar-refractivity contribution in [2.75, 3.05) is 13.1 Å². The zero-order valence-electron chi connectivity index (χ0n) is 9.17. The zero-order valence-corrected chi connectivity index (χ0v) is 9.17. The van der Waals surface area contributed by atoms with Gasteiger partial charge >= 0.3 is 6.03 Å². The summed E-state index contributed by atoms with van der Waals surface area (Å²) in [6, 6.07) is 0.218. The number of rotatable bonds is 1. The third-order valence-corrected chi connectivity index (χ3v) is 3.00. The molecule has 0 unspecified atom stereocenters. The van der Waals surface area contributed by atoms with Gasteiger partial charge in [-0.3, -0.25) is 4.79 Å². The van der Waals surface area contributed by atoms with E-state index in [-0.39, 0.29) is 11.9 Å². The van der Waals surface area contributed by atoms with Crippen molar-refractivity contribution < 1.29 is 9.59 Å². The number of amides is 3. The lowest BCUT2D eigenvalue weighted by atomic mass is 9.99. The number of carbonyl (C=O) groups is 2. The lowest BCUT2D eigenvalue weighted by molar-refractivity contribution is -0.132. The molecule has 1 saturated carbocycles. The van der Waals surface area contributed by atoms with E-state index in [1.165, 1.54) is 0 Å². The van der Waals surface area contributed by atoms with Crippen molar-refractivity contribution in [3.8, 4) is 0 Å². The minimum Gasteiger partial charge on any atom is -0.352 e. The van der Waals surface area contributed by atoms with Crippen molar-refractivity contribution in [1.29, 1.82) is 0 Å². The van der Waals surface area contributed by atoms with Crippen LogP contribution in [-0.2, 0) is 4.79 Å². The van der Waals surface area contributed by atoms with Crippen LogP contribution in [0.5, 0.6) is 0 Å². The Bertz CT molecular complexity index is 297. The summed E-state index contributed by atoms with van der Waals surface area (Å²) < 4.78 is 0. The molecule has 0 aromatic carbocycles. The number of nitrogens with zero attached hydrogens (tertiary/aromatic N) is 1. The molecule has 0 aromatic heterocycles. The first-order valence-electron chi connectivity index (χ1n) is 5.38. The highest BCUT2D eigenvalue weighted by molar-refractivity contribution is 5.91. The van der Waals surface area contributed by atoms with Crippen LogP contribution in [0, 0.1) is 0 Å². The van der Waals surface area contributed by atoms with Gasteiger partial charge in [0.1, 0.15) is 5.54 Å². The van der Waals surface area contributed by atoms with Gasteiger partial charge < -0.3 is 15.5 Å². The van der Waals surface area contributed by atoms with Gasteiger partial charge in [0.2, 0.25) is 5.91 Å². The Labute approximate surface area is 89.2 Å². The lowest BCUT2D eigenvalue weighted by Gasteiger charge is -2.41. The number of hydrogen-bond acceptors (Lipinski definition) is 2. The van der Waals surface area contributed by atoms with Crippen LogP contribution in [-0.4, -0.2) is 41.5 Å². The van der Waals surface area contributed by atoms with E-state index >= 15 is 0 Å². The fourth-order valence-electron chi connectivity index (χ4n) is 1.74. The number of piperazine rings is 1. The van der Waals surface area contributed by atoms with E-state index < -0.39 is 5.54 Å². The molecule has 0 aromatic rings. The summed E-state index contributed by atoms with van der Waals surface area (Å²) in [5.41, 5.74) is -0.739. The molecule has 0 bridgehead atoms. The minimum atomic E-state index is -0.739. The molecule has 0 atom stereocenters. The molecule has 5 heteroatoms. The standard InChI is InChI=1S/C10H17N3O2/c1-10(2)8(14)11-5-6-13(10)9(15)12-7-3-4-7/h7H,3-6H2,1-2H3,(H,11,14)(H,12,15). The quantitative estimate of drug-likeness (QED) is 0.644. The molecular formula is C10H17N3O2. The molecule has 1 aliphatic carbocycles. The van der Waals surface area contributed by atoms with Gasteiger partial charge in [-0.1, -0.05) is 0 Å². The van der Waals surface area contributed by atoms with Gasteiger partial charge in [-0.2, -0.15) is 0 Å². The molecular weight excluding hydrogens is 194 g/mol. The second-order valence-electron chi connectivity index (χ2n) is 4.69. The number of carbonyl (C=O) groups excluding carboxylic acids is 2. The van der Waals surface area contributed by atoms with Crippen molar-refractivity contribution in [2.45, 2.75) is 38.3 Å². The molecule has 0 radical (unpaired) electrons. The van der Waals surface area contributed by atoms with Gasteiger partial charge in [0, 0.05) is 19.1 Å². The second kappa shape index (κ2) is 3.40. The fourth-order valence-corrected chi connectivity index (χ4v) is 1.74. The largest absolute Gasteiger partial charge is 0.352 e. The smallest absolute Gasteiger partial charge is 0.318 e. The highest BCUT2D eigenvalue weighted by Crippen LogP contribution is 2.22. The van der Waals surface area contributed by atoms with E-state index in [1.54, 1.807) is 18.7 Å². The Morgan fingerprint density at radius 1 is 1.53 bits per heavy atom. The summed E-state index contributed by atoms with van der Waals surface area (Å²) in [6.45, 7) is 4.67. The third-order valence-electron chi connectivity index (χ3n) is 3.00. The number of urea groups is 1. The molecule has 2 aliphatic rings. The Balaban J connectivity index is 2.04. The second-order valence-corrected chi connectivity index (χ2v) is 4.69. The van der Waals surface area contributed by atoms with Crippen molar-refractivity contribution in [2.24, 2.45) is 0 Å². The average Bonchev–Trinajstić information content (AvgIpc) is 2.93. The van der Waals surface area contributed by atoms with Gasteiger partial charge in [0.05, 0.1) is 0 Å². The van der Waals surface area contributed by atoms with Gasteiger partial charge in [-0.05, 0) is 26.7 Å². The molecule has 2 rings (SSSR count). The molecule has 0 spiro atoms. The van der Waals surface area contributed by atoms with Gasteiger partial charge in [0.15, 0.2) is 0 Å². The maximum absolute atomic E-state index is 11.8. The summed E-state index contributed by atoms with van der Waals surface area (Å²) in [6.07, 6.45) is 2.12. The van der Waals surface area contributed by atoms with Crippen LogP contribution < -0.4 is 10.6 Å². The van der Waals surface area contributed by atoms with E-state index in [2.05, 4.69) is 10.6 Å². The first kappa shape index (κ1) is 10.3. The van der Waals surface area contributed by atoms with Crippen LogP contribution in [0.25, 0.3) is 0 Å². The van der Waals surface area contributed by atoms with E-state index in [1.807, 2.05) is 0 Å². The summed E-state index contributed by atoms with van der Waals surface area (Å²) in [4.78, 5) is 25.1. The molecule has 1 saturated heterocycles. The Morgan fingerprint density at radius 3 is 2.80 bits per heavy atom. The van der Waals surface area contributed by atoms with Crippen LogP contribution in [0.1, 0.15) is 26.7 Å². The highest BCUT2D eigenvalue weighted by atomic mass is 16.2. The van der Waals surface area contributed by atoms with Crippen molar-refractivity contribution >= 4 is 11.9 Å². The SMILES string of the molecule is CC1(C)C(=O)NCCN1C(=O)NC1CC1.